The van der Waals surface area contributed by atoms with Gasteiger partial charge in [0, 0.05) is 5.02 Å². The van der Waals surface area contributed by atoms with Crippen LogP contribution in [0.5, 0.6) is 23.3 Å². The summed E-state index contributed by atoms with van der Waals surface area (Å²) in [6.45, 7) is 5.95. The number of halogens is 1. The first-order valence-corrected chi connectivity index (χ1v) is 8.11. The van der Waals surface area contributed by atoms with E-state index in [0.717, 1.165) is 11.1 Å². The molecule has 2 N–H and O–H groups in total. The maximum atomic E-state index is 6.11. The van der Waals surface area contributed by atoms with E-state index < -0.39 is 0 Å². The molecule has 0 aliphatic heterocycles. The molecule has 3 aromatic rings. The molecular weight excluding hydrogens is 338 g/mol. The molecule has 5 nitrogen and oxygen atoms in total. The highest BCUT2D eigenvalue weighted by Crippen LogP contribution is 2.34. The summed E-state index contributed by atoms with van der Waals surface area (Å²) in [5.41, 5.74) is 9.55. The summed E-state index contributed by atoms with van der Waals surface area (Å²) in [6.07, 6.45) is 1.35. The maximum absolute atomic E-state index is 6.11. The first-order valence-electron chi connectivity index (χ1n) is 7.73. The number of nitrogens with two attached hydrogens (primary N) is 1. The van der Waals surface area contributed by atoms with E-state index in [1.54, 1.807) is 12.1 Å². The van der Waals surface area contributed by atoms with Crippen LogP contribution in [0.25, 0.3) is 0 Å². The molecule has 0 saturated carbocycles. The van der Waals surface area contributed by atoms with Gasteiger partial charge < -0.3 is 15.2 Å². The van der Waals surface area contributed by atoms with Crippen LogP contribution in [0.1, 0.15) is 16.7 Å². The number of nitrogen functional groups attached to an aromatic ring is 1. The van der Waals surface area contributed by atoms with Crippen molar-refractivity contribution in [2.45, 2.75) is 20.8 Å². The van der Waals surface area contributed by atoms with E-state index in [4.69, 9.17) is 26.8 Å². The van der Waals surface area contributed by atoms with Gasteiger partial charge in [-0.25, -0.2) is 0 Å². The molecule has 2 aromatic carbocycles. The molecule has 0 aliphatic rings. The highest BCUT2D eigenvalue weighted by atomic mass is 35.5. The minimum atomic E-state index is 0.230. The number of benzene rings is 2. The molecule has 0 amide bonds. The van der Waals surface area contributed by atoms with Gasteiger partial charge in [0.05, 0.1) is 0 Å². The van der Waals surface area contributed by atoms with Crippen LogP contribution in [-0.4, -0.2) is 9.97 Å². The smallest absolute Gasteiger partial charge is 0.249 e. The Kier molecular flexibility index (Phi) is 4.76. The molecule has 0 aliphatic carbocycles. The molecule has 128 valence electrons. The molecule has 3 rings (SSSR count). The van der Waals surface area contributed by atoms with Gasteiger partial charge in [0.1, 0.15) is 17.8 Å². The lowest BCUT2D eigenvalue weighted by molar-refractivity contribution is 0.438. The zero-order chi connectivity index (χ0) is 18.0. The zero-order valence-corrected chi connectivity index (χ0v) is 15.0. The van der Waals surface area contributed by atoms with Crippen molar-refractivity contribution in [1.82, 2.24) is 9.97 Å². The van der Waals surface area contributed by atoms with Crippen molar-refractivity contribution < 1.29 is 9.47 Å². The summed E-state index contributed by atoms with van der Waals surface area (Å²) in [5.74, 6) is 1.72. The fourth-order valence-electron chi connectivity index (χ4n) is 2.21. The van der Waals surface area contributed by atoms with Crippen LogP contribution in [0.2, 0.25) is 5.02 Å². The second-order valence-corrected chi connectivity index (χ2v) is 6.17. The molecule has 0 radical (unpaired) electrons. The summed E-state index contributed by atoms with van der Waals surface area (Å²) in [4.78, 5) is 8.19. The predicted octanol–water partition coefficient (Wildman–Crippen LogP) is 5.22. The van der Waals surface area contributed by atoms with Crippen LogP contribution in [0.4, 0.5) is 5.69 Å². The standard InChI is InChI=1S/C19H18ClN3O2/c1-11-4-5-14(8-12(11)2)24-18-17(21)19(23-10-22-18)25-15-6-7-16(20)13(3)9-15/h4-10H,21H2,1-3H3. The minimum Gasteiger partial charge on any atom is -0.437 e. The van der Waals surface area contributed by atoms with Gasteiger partial charge in [0.15, 0.2) is 5.69 Å². The van der Waals surface area contributed by atoms with Crippen LogP contribution in [-0.2, 0) is 0 Å². The lowest BCUT2D eigenvalue weighted by Gasteiger charge is -2.12. The lowest BCUT2D eigenvalue weighted by Crippen LogP contribution is -2.00. The van der Waals surface area contributed by atoms with Crippen molar-refractivity contribution in [2.75, 3.05) is 5.73 Å². The summed E-state index contributed by atoms with van der Waals surface area (Å²) >= 11 is 6.03. The Balaban J connectivity index is 1.86. The summed E-state index contributed by atoms with van der Waals surface area (Å²) in [5, 5.41) is 0.668. The van der Waals surface area contributed by atoms with E-state index in [-0.39, 0.29) is 17.4 Å². The van der Waals surface area contributed by atoms with E-state index in [1.165, 1.54) is 11.9 Å². The number of hydrogen-bond acceptors (Lipinski definition) is 5. The predicted molar refractivity (Wildman–Crippen MR) is 98.7 cm³/mol. The van der Waals surface area contributed by atoms with Crippen molar-refractivity contribution >= 4 is 17.3 Å². The van der Waals surface area contributed by atoms with Gasteiger partial charge in [0.25, 0.3) is 0 Å². The van der Waals surface area contributed by atoms with Gasteiger partial charge in [-0.3, -0.25) is 0 Å². The highest BCUT2D eigenvalue weighted by molar-refractivity contribution is 6.31. The van der Waals surface area contributed by atoms with Gasteiger partial charge in [-0.1, -0.05) is 17.7 Å². The number of ether oxygens (including phenoxy) is 2. The Morgan fingerprint density at radius 3 is 1.92 bits per heavy atom. The van der Waals surface area contributed by atoms with Crippen LogP contribution < -0.4 is 15.2 Å². The van der Waals surface area contributed by atoms with Crippen LogP contribution in [0, 0.1) is 20.8 Å². The molecule has 0 atom stereocenters. The third-order valence-electron chi connectivity index (χ3n) is 3.85. The van der Waals surface area contributed by atoms with E-state index in [2.05, 4.69) is 9.97 Å². The van der Waals surface area contributed by atoms with Gasteiger partial charge in [-0.2, -0.15) is 9.97 Å². The minimum absolute atomic E-state index is 0.230. The number of aryl methyl sites for hydroxylation is 3. The zero-order valence-electron chi connectivity index (χ0n) is 14.2. The third-order valence-corrected chi connectivity index (χ3v) is 4.27. The molecule has 0 spiro atoms. The molecule has 0 unspecified atom stereocenters. The monoisotopic (exact) mass is 355 g/mol. The Labute approximate surface area is 151 Å². The fourth-order valence-corrected chi connectivity index (χ4v) is 2.33. The topological polar surface area (TPSA) is 70.3 Å². The van der Waals surface area contributed by atoms with Crippen molar-refractivity contribution in [3.8, 4) is 23.3 Å². The molecule has 0 saturated heterocycles. The molecular formula is C19H18ClN3O2. The van der Waals surface area contributed by atoms with Gasteiger partial charge in [-0.05, 0) is 67.8 Å². The fraction of sp³-hybridized carbons (Fsp3) is 0.158. The van der Waals surface area contributed by atoms with Crippen LogP contribution >= 0.6 is 11.6 Å². The van der Waals surface area contributed by atoms with E-state index >= 15 is 0 Å². The van der Waals surface area contributed by atoms with E-state index in [0.29, 0.717) is 16.5 Å². The number of rotatable bonds is 4. The molecule has 1 aromatic heterocycles. The Bertz CT molecular complexity index is 857. The molecule has 1 heterocycles. The molecule has 6 heteroatoms. The number of nitrogens with zero attached hydrogens (tertiary/aromatic N) is 2. The van der Waals surface area contributed by atoms with Crippen molar-refractivity contribution in [3.63, 3.8) is 0 Å². The molecule has 0 bridgehead atoms. The average Bonchev–Trinajstić information content (AvgIpc) is 2.58. The summed E-state index contributed by atoms with van der Waals surface area (Å²) in [7, 11) is 0. The van der Waals surface area contributed by atoms with Gasteiger partial charge >= 0.3 is 0 Å². The number of anilines is 1. The SMILES string of the molecule is Cc1ccc(Oc2ncnc(Oc3ccc(Cl)c(C)c3)c2N)cc1C. The van der Waals surface area contributed by atoms with Gasteiger partial charge in [-0.15, -0.1) is 0 Å². The summed E-state index contributed by atoms with van der Waals surface area (Å²) in [6, 6.07) is 11.1. The Morgan fingerprint density at radius 1 is 0.800 bits per heavy atom. The van der Waals surface area contributed by atoms with Crippen LogP contribution in [0.3, 0.4) is 0 Å². The Hall–Kier alpha value is -2.79. The Morgan fingerprint density at radius 2 is 1.36 bits per heavy atom. The molecule has 0 fully saturated rings. The average molecular weight is 356 g/mol. The van der Waals surface area contributed by atoms with Crippen molar-refractivity contribution in [1.29, 1.82) is 0 Å². The first-order chi connectivity index (χ1) is 11.9. The largest absolute Gasteiger partial charge is 0.437 e. The number of aromatic nitrogens is 2. The van der Waals surface area contributed by atoms with E-state index in [9.17, 15) is 0 Å². The van der Waals surface area contributed by atoms with Crippen molar-refractivity contribution in [2.24, 2.45) is 0 Å². The first kappa shape index (κ1) is 17.0. The molecule has 25 heavy (non-hydrogen) atoms. The van der Waals surface area contributed by atoms with Crippen molar-refractivity contribution in [3.05, 3.63) is 64.4 Å². The second kappa shape index (κ2) is 6.99. The lowest BCUT2D eigenvalue weighted by atomic mass is 10.1. The summed E-state index contributed by atoms with van der Waals surface area (Å²) < 4.78 is 11.5. The maximum Gasteiger partial charge on any atom is 0.249 e. The normalized spacial score (nSPS) is 10.6. The second-order valence-electron chi connectivity index (χ2n) is 5.76. The van der Waals surface area contributed by atoms with Crippen LogP contribution in [0.15, 0.2) is 42.7 Å². The quantitative estimate of drug-likeness (QED) is 0.694. The third kappa shape index (κ3) is 3.83. The number of hydrogen-bond donors (Lipinski definition) is 1. The van der Waals surface area contributed by atoms with E-state index in [1.807, 2.05) is 45.0 Å². The van der Waals surface area contributed by atoms with Gasteiger partial charge in [0.2, 0.25) is 11.8 Å². The highest BCUT2D eigenvalue weighted by Gasteiger charge is 2.13.